The van der Waals surface area contributed by atoms with Crippen LogP contribution in [0, 0.1) is 6.92 Å². The first-order valence-corrected chi connectivity index (χ1v) is 9.37. The Bertz CT molecular complexity index is 706. The molecule has 2 aromatic carbocycles. The van der Waals surface area contributed by atoms with Gasteiger partial charge in [0.1, 0.15) is 0 Å². The van der Waals surface area contributed by atoms with Crippen molar-refractivity contribution in [2.24, 2.45) is 0 Å². The average Bonchev–Trinajstić information content (AvgIpc) is 2.51. The summed E-state index contributed by atoms with van der Waals surface area (Å²) in [6.45, 7) is 1.89. The molecule has 0 aliphatic rings. The van der Waals surface area contributed by atoms with E-state index in [9.17, 15) is 9.36 Å². The Labute approximate surface area is 136 Å². The fraction of sp³-hybridized carbons (Fsp3) is 0.278. The summed E-state index contributed by atoms with van der Waals surface area (Å²) in [4.78, 5) is 31.0. The number of benzene rings is 2. The minimum atomic E-state index is -4.04. The molecule has 0 saturated carbocycles. The average molecular weight is 332 g/mol. The van der Waals surface area contributed by atoms with Crippen LogP contribution in [0.5, 0.6) is 0 Å². The number of aryl methyl sites for hydroxylation is 1. The highest BCUT2D eigenvalue weighted by molar-refractivity contribution is 7.51. The lowest BCUT2D eigenvalue weighted by Gasteiger charge is -2.18. The third-order valence-corrected chi connectivity index (χ3v) is 4.77. The Hall–Kier alpha value is -1.74. The third kappa shape index (κ3) is 5.14. The molecular weight excluding hydrogens is 311 g/mol. The second kappa shape index (κ2) is 7.69. The van der Waals surface area contributed by atoms with Gasteiger partial charge in [0.2, 0.25) is 0 Å². The van der Waals surface area contributed by atoms with Crippen molar-refractivity contribution in [3.63, 3.8) is 0 Å². The molecule has 0 aliphatic carbocycles. The van der Waals surface area contributed by atoms with Gasteiger partial charge in [-0.15, -0.1) is 0 Å². The van der Waals surface area contributed by atoms with Crippen LogP contribution in [0.25, 0.3) is 0 Å². The molecule has 4 nitrogen and oxygen atoms in total. The lowest BCUT2D eigenvalue weighted by molar-refractivity contribution is 0.0953. The quantitative estimate of drug-likeness (QED) is 0.595. The van der Waals surface area contributed by atoms with E-state index >= 15 is 0 Å². The zero-order valence-electron chi connectivity index (χ0n) is 13.1. The van der Waals surface area contributed by atoms with Crippen LogP contribution in [0.3, 0.4) is 0 Å². The molecule has 0 spiro atoms. The summed E-state index contributed by atoms with van der Waals surface area (Å²) in [6, 6.07) is 16.8. The fourth-order valence-electron chi connectivity index (χ4n) is 2.67. The molecule has 23 heavy (non-hydrogen) atoms. The molecule has 0 heterocycles. The summed E-state index contributed by atoms with van der Waals surface area (Å²) in [5.74, 6) is -0.385. The maximum atomic E-state index is 12.9. The topological polar surface area (TPSA) is 74.6 Å². The molecule has 0 aliphatic heterocycles. The molecule has 2 N–H and O–H groups in total. The standard InChI is InChI=1S/C18H21O4P/c1-14-8-5-6-11-16(14)18(19)17(12-7-13-23(20,21)22)15-9-3-2-4-10-15/h2-6,8-11,17H,7,12-13H2,1H3,(H2,20,21,22). The Balaban J connectivity index is 2.25. The number of hydrogen-bond donors (Lipinski definition) is 2. The summed E-state index contributed by atoms with van der Waals surface area (Å²) < 4.78 is 11.1. The first kappa shape index (κ1) is 17.6. The van der Waals surface area contributed by atoms with Gasteiger partial charge in [0.15, 0.2) is 5.78 Å². The molecule has 1 atom stereocenters. The van der Waals surface area contributed by atoms with Crippen LogP contribution in [0.1, 0.15) is 40.2 Å². The molecule has 122 valence electrons. The summed E-state index contributed by atoms with van der Waals surface area (Å²) >= 11 is 0. The highest BCUT2D eigenvalue weighted by Crippen LogP contribution is 2.37. The van der Waals surface area contributed by atoms with E-state index in [0.717, 1.165) is 11.1 Å². The van der Waals surface area contributed by atoms with E-state index in [2.05, 4.69) is 0 Å². The van der Waals surface area contributed by atoms with Crippen molar-refractivity contribution in [1.82, 2.24) is 0 Å². The van der Waals surface area contributed by atoms with E-state index in [4.69, 9.17) is 9.79 Å². The van der Waals surface area contributed by atoms with Gasteiger partial charge in [0.25, 0.3) is 0 Å². The first-order valence-electron chi connectivity index (χ1n) is 7.58. The van der Waals surface area contributed by atoms with Crippen LogP contribution in [0.4, 0.5) is 0 Å². The van der Waals surface area contributed by atoms with Crippen molar-refractivity contribution in [1.29, 1.82) is 0 Å². The maximum Gasteiger partial charge on any atom is 0.325 e. The normalized spacial score (nSPS) is 12.8. The fourth-order valence-corrected chi connectivity index (χ4v) is 3.27. The first-order chi connectivity index (χ1) is 10.9. The van der Waals surface area contributed by atoms with Crippen LogP contribution in [-0.2, 0) is 4.57 Å². The Morgan fingerprint density at radius 2 is 1.65 bits per heavy atom. The van der Waals surface area contributed by atoms with Crippen molar-refractivity contribution >= 4 is 13.4 Å². The number of carbonyl (C=O) groups excluding carboxylic acids is 1. The molecule has 0 fully saturated rings. The van der Waals surface area contributed by atoms with Gasteiger partial charge in [0, 0.05) is 17.6 Å². The van der Waals surface area contributed by atoms with Gasteiger partial charge in [-0.3, -0.25) is 9.36 Å². The lowest BCUT2D eigenvalue weighted by Crippen LogP contribution is -2.15. The van der Waals surface area contributed by atoms with Gasteiger partial charge in [0.05, 0.1) is 0 Å². The molecule has 0 aromatic heterocycles. The monoisotopic (exact) mass is 332 g/mol. The Morgan fingerprint density at radius 1 is 1.04 bits per heavy atom. The van der Waals surface area contributed by atoms with Gasteiger partial charge in [-0.1, -0.05) is 54.6 Å². The maximum absolute atomic E-state index is 12.9. The number of rotatable bonds is 7. The Kier molecular flexibility index (Phi) is 5.89. The summed E-state index contributed by atoms with van der Waals surface area (Å²) in [5.41, 5.74) is 2.46. The van der Waals surface area contributed by atoms with E-state index in [1.54, 1.807) is 6.07 Å². The summed E-state index contributed by atoms with van der Waals surface area (Å²) in [6.07, 6.45) is 0.529. The lowest BCUT2D eigenvalue weighted by atomic mass is 9.86. The van der Waals surface area contributed by atoms with Crippen molar-refractivity contribution in [3.05, 3.63) is 71.3 Å². The van der Waals surface area contributed by atoms with E-state index in [0.29, 0.717) is 18.4 Å². The molecule has 0 radical (unpaired) electrons. The third-order valence-electron chi connectivity index (χ3n) is 3.87. The smallest absolute Gasteiger partial charge is 0.324 e. The van der Waals surface area contributed by atoms with Gasteiger partial charge in [-0.25, -0.2) is 0 Å². The van der Waals surface area contributed by atoms with Crippen LogP contribution >= 0.6 is 7.60 Å². The SMILES string of the molecule is Cc1ccccc1C(=O)C(CCCP(=O)(O)O)c1ccccc1. The van der Waals surface area contributed by atoms with E-state index < -0.39 is 7.60 Å². The molecule has 0 bridgehead atoms. The van der Waals surface area contributed by atoms with E-state index in [1.165, 1.54) is 0 Å². The van der Waals surface area contributed by atoms with E-state index in [-0.39, 0.29) is 17.9 Å². The highest BCUT2D eigenvalue weighted by Gasteiger charge is 2.24. The zero-order chi connectivity index (χ0) is 16.9. The van der Waals surface area contributed by atoms with Gasteiger partial charge in [-0.05, 0) is 30.9 Å². The van der Waals surface area contributed by atoms with Crippen molar-refractivity contribution < 1.29 is 19.1 Å². The van der Waals surface area contributed by atoms with Crippen molar-refractivity contribution in [2.75, 3.05) is 6.16 Å². The van der Waals surface area contributed by atoms with Gasteiger partial charge >= 0.3 is 7.60 Å². The van der Waals surface area contributed by atoms with E-state index in [1.807, 2.05) is 55.5 Å². The minimum Gasteiger partial charge on any atom is -0.324 e. The highest BCUT2D eigenvalue weighted by atomic mass is 31.2. The zero-order valence-corrected chi connectivity index (χ0v) is 13.9. The molecule has 0 saturated heterocycles. The van der Waals surface area contributed by atoms with Crippen LogP contribution < -0.4 is 0 Å². The van der Waals surface area contributed by atoms with Crippen LogP contribution in [0.2, 0.25) is 0 Å². The number of carbonyl (C=O) groups is 1. The van der Waals surface area contributed by atoms with Crippen LogP contribution in [0.15, 0.2) is 54.6 Å². The predicted molar refractivity (Wildman–Crippen MR) is 90.8 cm³/mol. The number of hydrogen-bond acceptors (Lipinski definition) is 2. The summed E-state index contributed by atoms with van der Waals surface area (Å²) in [5, 5.41) is 0. The van der Waals surface area contributed by atoms with Gasteiger partial charge < -0.3 is 9.79 Å². The molecule has 5 heteroatoms. The summed E-state index contributed by atoms with van der Waals surface area (Å²) in [7, 11) is -4.04. The molecule has 2 rings (SSSR count). The number of Topliss-reactive ketones (excluding diaryl/α,β-unsaturated/α-hetero) is 1. The largest absolute Gasteiger partial charge is 0.325 e. The van der Waals surface area contributed by atoms with Crippen molar-refractivity contribution in [2.45, 2.75) is 25.7 Å². The second-order valence-electron chi connectivity index (χ2n) is 5.67. The number of ketones is 1. The molecule has 1 unspecified atom stereocenters. The molecule has 0 amide bonds. The molecular formula is C18H21O4P. The van der Waals surface area contributed by atoms with Crippen LogP contribution in [-0.4, -0.2) is 21.7 Å². The van der Waals surface area contributed by atoms with Crippen molar-refractivity contribution in [3.8, 4) is 0 Å². The van der Waals surface area contributed by atoms with Gasteiger partial charge in [-0.2, -0.15) is 0 Å². The Morgan fingerprint density at radius 3 is 2.26 bits per heavy atom. The predicted octanol–water partition coefficient (Wildman–Crippen LogP) is 3.92. The minimum absolute atomic E-state index is 0.0000110. The molecule has 2 aromatic rings. The second-order valence-corrected chi connectivity index (χ2v) is 7.45.